The van der Waals surface area contributed by atoms with E-state index in [9.17, 15) is 0 Å². The Morgan fingerprint density at radius 2 is 2.16 bits per heavy atom. The molecule has 0 saturated heterocycles. The van der Waals surface area contributed by atoms with E-state index >= 15 is 0 Å². The molecule has 3 heterocycles. The lowest BCUT2D eigenvalue weighted by atomic mass is 10.2. The molecule has 1 N–H and O–H groups in total. The maximum Gasteiger partial charge on any atom is 0.163 e. The van der Waals surface area contributed by atoms with Gasteiger partial charge in [0.15, 0.2) is 17.1 Å². The molecule has 8 heteroatoms. The van der Waals surface area contributed by atoms with Crippen LogP contribution in [0, 0.1) is 11.3 Å². The lowest BCUT2D eigenvalue weighted by Gasteiger charge is -2.26. The Hall–Kier alpha value is -3.34. The molecule has 1 atom stereocenters. The fourth-order valence-corrected chi connectivity index (χ4v) is 2.73. The van der Waals surface area contributed by atoms with Crippen LogP contribution in [0.5, 0.6) is 11.5 Å². The minimum absolute atomic E-state index is 0.117. The molecule has 3 aromatic rings. The molecule has 0 saturated carbocycles. The van der Waals surface area contributed by atoms with Gasteiger partial charge in [-0.05, 0) is 12.1 Å². The summed E-state index contributed by atoms with van der Waals surface area (Å²) < 4.78 is 13.4. The van der Waals surface area contributed by atoms with Gasteiger partial charge in [-0.15, -0.1) is 0 Å². The van der Waals surface area contributed by atoms with Crippen molar-refractivity contribution in [2.24, 2.45) is 0 Å². The van der Waals surface area contributed by atoms with Crippen molar-refractivity contribution in [1.29, 1.82) is 5.26 Å². The predicted molar refractivity (Wildman–Crippen MR) is 90.4 cm³/mol. The Labute approximate surface area is 144 Å². The molecule has 0 aliphatic carbocycles. The lowest BCUT2D eigenvalue weighted by Crippen LogP contribution is -2.35. The first-order chi connectivity index (χ1) is 12.3. The van der Waals surface area contributed by atoms with Crippen LogP contribution in [0.4, 0.5) is 5.82 Å². The van der Waals surface area contributed by atoms with Crippen LogP contribution in [0.1, 0.15) is 6.42 Å². The van der Waals surface area contributed by atoms with E-state index in [2.05, 4.69) is 26.5 Å². The van der Waals surface area contributed by atoms with Crippen LogP contribution in [0.3, 0.4) is 0 Å². The van der Waals surface area contributed by atoms with E-state index in [1.807, 2.05) is 24.3 Å². The van der Waals surface area contributed by atoms with Gasteiger partial charge in [0.05, 0.1) is 37.2 Å². The molecule has 0 fully saturated rings. The minimum Gasteiger partial charge on any atom is -0.486 e. The van der Waals surface area contributed by atoms with E-state index in [4.69, 9.17) is 14.7 Å². The normalized spacial score (nSPS) is 15.7. The molecule has 0 bridgehead atoms. The van der Waals surface area contributed by atoms with E-state index in [1.54, 1.807) is 10.9 Å². The number of nitrogens with one attached hydrogen (secondary N) is 1. The van der Waals surface area contributed by atoms with Gasteiger partial charge >= 0.3 is 0 Å². The second kappa shape index (κ2) is 6.65. The first-order valence-electron chi connectivity index (χ1n) is 8.01. The lowest BCUT2D eigenvalue weighted by molar-refractivity contribution is 0.0997. The van der Waals surface area contributed by atoms with Gasteiger partial charge in [0.1, 0.15) is 24.9 Å². The van der Waals surface area contributed by atoms with E-state index in [1.165, 1.54) is 6.33 Å². The van der Waals surface area contributed by atoms with Gasteiger partial charge < -0.3 is 14.8 Å². The van der Waals surface area contributed by atoms with E-state index < -0.39 is 0 Å². The highest BCUT2D eigenvalue weighted by molar-refractivity contribution is 5.86. The third-order valence-electron chi connectivity index (χ3n) is 3.93. The van der Waals surface area contributed by atoms with Crippen LogP contribution in [-0.2, 0) is 6.54 Å². The number of nitrogens with zero attached hydrogens (tertiary/aromatic N) is 5. The standard InChI is InChI=1S/C17H16N6O2/c18-6-3-7-23-17-13(9-22-23)16(20-11-21-17)19-8-12-10-24-14-4-1-2-5-15(14)25-12/h1-2,4-5,9,11-12H,3,7-8,10H2,(H,19,20,21). The molecule has 1 aliphatic rings. The SMILES string of the molecule is N#CCCn1ncc2c(NCC3COc4ccccc4O3)ncnc21. The van der Waals surface area contributed by atoms with Gasteiger partial charge in [0.2, 0.25) is 0 Å². The number of anilines is 1. The van der Waals surface area contributed by atoms with E-state index in [0.29, 0.717) is 37.6 Å². The summed E-state index contributed by atoms with van der Waals surface area (Å²) in [6.07, 6.45) is 3.47. The number of aryl methyl sites for hydroxylation is 1. The van der Waals surface area contributed by atoms with Crippen molar-refractivity contribution < 1.29 is 9.47 Å². The highest BCUT2D eigenvalue weighted by atomic mass is 16.6. The molecule has 0 spiro atoms. The average Bonchev–Trinajstić information content (AvgIpc) is 3.08. The van der Waals surface area contributed by atoms with Crippen LogP contribution >= 0.6 is 0 Å². The molecule has 1 aromatic carbocycles. The Morgan fingerprint density at radius 1 is 1.28 bits per heavy atom. The van der Waals surface area contributed by atoms with Gasteiger partial charge in [-0.2, -0.15) is 10.4 Å². The minimum atomic E-state index is -0.117. The fraction of sp³-hybridized carbons (Fsp3) is 0.294. The van der Waals surface area contributed by atoms with E-state index in [0.717, 1.165) is 16.9 Å². The predicted octanol–water partition coefficient (Wildman–Crippen LogP) is 1.99. The van der Waals surface area contributed by atoms with Crippen LogP contribution in [0.2, 0.25) is 0 Å². The average molecular weight is 336 g/mol. The molecule has 8 nitrogen and oxygen atoms in total. The quantitative estimate of drug-likeness (QED) is 0.761. The third-order valence-corrected chi connectivity index (χ3v) is 3.93. The maximum atomic E-state index is 8.73. The van der Waals surface area contributed by atoms with Crippen molar-refractivity contribution in [2.75, 3.05) is 18.5 Å². The number of benzene rings is 1. The van der Waals surface area contributed by atoms with Gasteiger partial charge in [0, 0.05) is 0 Å². The summed E-state index contributed by atoms with van der Waals surface area (Å²) in [6.45, 7) is 1.52. The van der Waals surface area contributed by atoms with Gasteiger partial charge in [-0.25, -0.2) is 14.6 Å². The number of fused-ring (bicyclic) bond motifs is 2. The Kier molecular flexibility index (Phi) is 4.04. The molecule has 126 valence electrons. The molecular weight excluding hydrogens is 320 g/mol. The summed E-state index contributed by atoms with van der Waals surface area (Å²) in [6, 6.07) is 9.73. The number of hydrogen-bond donors (Lipinski definition) is 1. The maximum absolute atomic E-state index is 8.73. The molecule has 1 aliphatic heterocycles. The molecule has 0 radical (unpaired) electrons. The van der Waals surface area contributed by atoms with Crippen LogP contribution < -0.4 is 14.8 Å². The zero-order valence-corrected chi connectivity index (χ0v) is 13.4. The van der Waals surface area contributed by atoms with Crippen molar-refractivity contribution in [2.45, 2.75) is 19.1 Å². The van der Waals surface area contributed by atoms with Crippen molar-refractivity contribution in [1.82, 2.24) is 19.7 Å². The fourth-order valence-electron chi connectivity index (χ4n) is 2.73. The molecule has 25 heavy (non-hydrogen) atoms. The van der Waals surface area contributed by atoms with Crippen LogP contribution in [0.25, 0.3) is 11.0 Å². The summed E-state index contributed by atoms with van der Waals surface area (Å²) in [7, 11) is 0. The molecular formula is C17H16N6O2. The highest BCUT2D eigenvalue weighted by Crippen LogP contribution is 2.31. The number of para-hydroxylation sites is 2. The molecule has 0 amide bonds. The summed E-state index contributed by atoms with van der Waals surface area (Å²) in [5, 5.41) is 17.1. The second-order valence-electron chi connectivity index (χ2n) is 5.61. The molecule has 1 unspecified atom stereocenters. The van der Waals surface area contributed by atoms with E-state index in [-0.39, 0.29) is 6.10 Å². The number of rotatable bonds is 5. The monoisotopic (exact) mass is 336 g/mol. The van der Waals surface area contributed by atoms with Crippen LogP contribution in [0.15, 0.2) is 36.8 Å². The van der Waals surface area contributed by atoms with Gasteiger partial charge in [-0.1, -0.05) is 12.1 Å². The van der Waals surface area contributed by atoms with Gasteiger partial charge in [0.25, 0.3) is 0 Å². The first-order valence-corrected chi connectivity index (χ1v) is 8.01. The largest absolute Gasteiger partial charge is 0.486 e. The summed E-state index contributed by atoms with van der Waals surface area (Å²) in [4.78, 5) is 8.56. The Morgan fingerprint density at radius 3 is 3.04 bits per heavy atom. The number of hydrogen-bond acceptors (Lipinski definition) is 7. The summed E-state index contributed by atoms with van der Waals surface area (Å²) in [5.74, 6) is 2.20. The van der Waals surface area contributed by atoms with Crippen molar-refractivity contribution >= 4 is 16.9 Å². The van der Waals surface area contributed by atoms with Crippen LogP contribution in [-0.4, -0.2) is 39.0 Å². The summed E-state index contributed by atoms with van der Waals surface area (Å²) in [5.41, 5.74) is 0.707. The Balaban J connectivity index is 1.47. The molecule has 2 aromatic heterocycles. The van der Waals surface area contributed by atoms with Crippen molar-refractivity contribution in [3.8, 4) is 17.6 Å². The van der Waals surface area contributed by atoms with Crippen molar-refractivity contribution in [3.05, 3.63) is 36.8 Å². The number of nitriles is 1. The Bertz CT molecular complexity index is 932. The zero-order chi connectivity index (χ0) is 17.1. The third kappa shape index (κ3) is 3.04. The smallest absolute Gasteiger partial charge is 0.163 e. The number of ether oxygens (including phenoxy) is 2. The summed E-state index contributed by atoms with van der Waals surface area (Å²) >= 11 is 0. The second-order valence-corrected chi connectivity index (χ2v) is 5.61. The van der Waals surface area contributed by atoms with Crippen molar-refractivity contribution in [3.63, 3.8) is 0 Å². The first kappa shape index (κ1) is 15.2. The zero-order valence-electron chi connectivity index (χ0n) is 13.4. The molecule has 4 rings (SSSR count). The highest BCUT2D eigenvalue weighted by Gasteiger charge is 2.21. The number of aromatic nitrogens is 4. The topological polar surface area (TPSA) is 97.9 Å². The van der Waals surface area contributed by atoms with Gasteiger partial charge in [-0.3, -0.25) is 0 Å².